The molecule has 1 unspecified atom stereocenters. The van der Waals surface area contributed by atoms with Crippen molar-refractivity contribution in [2.75, 3.05) is 7.05 Å². The lowest BCUT2D eigenvalue weighted by molar-refractivity contribution is -0.125. The Bertz CT molecular complexity index is 288. The maximum atomic E-state index is 11.6. The number of hydrogen-bond donors (Lipinski definition) is 0. The Hall–Kier alpha value is -1.05. The van der Waals surface area contributed by atoms with E-state index in [1.807, 2.05) is 11.9 Å². The second kappa shape index (κ2) is 2.47. The first-order valence-corrected chi connectivity index (χ1v) is 4.36. The lowest BCUT2D eigenvalue weighted by Crippen LogP contribution is -2.29. The van der Waals surface area contributed by atoms with E-state index >= 15 is 0 Å². The summed E-state index contributed by atoms with van der Waals surface area (Å²) in [6.07, 6.45) is 6.04. The molecular formula is C10H13NO. The van der Waals surface area contributed by atoms with Crippen LogP contribution >= 0.6 is 0 Å². The normalized spacial score (nSPS) is 28.3. The van der Waals surface area contributed by atoms with E-state index in [2.05, 4.69) is 19.1 Å². The van der Waals surface area contributed by atoms with Crippen molar-refractivity contribution in [1.82, 2.24) is 4.90 Å². The summed E-state index contributed by atoms with van der Waals surface area (Å²) in [4.78, 5) is 13.4. The van der Waals surface area contributed by atoms with Crippen LogP contribution in [0.15, 0.2) is 23.3 Å². The highest BCUT2D eigenvalue weighted by atomic mass is 16.2. The van der Waals surface area contributed by atoms with Gasteiger partial charge in [0.05, 0.1) is 6.04 Å². The monoisotopic (exact) mass is 163 g/mol. The van der Waals surface area contributed by atoms with Crippen LogP contribution in [0.1, 0.15) is 19.8 Å². The topological polar surface area (TPSA) is 20.3 Å². The SMILES string of the molecule is CC1C2=C(CC=CC2)C(=O)N1C. The van der Waals surface area contributed by atoms with Gasteiger partial charge in [-0.25, -0.2) is 0 Å². The van der Waals surface area contributed by atoms with E-state index in [-0.39, 0.29) is 5.91 Å². The molecule has 0 saturated heterocycles. The highest BCUT2D eigenvalue weighted by molar-refractivity contribution is 5.98. The Kier molecular flexibility index (Phi) is 1.56. The van der Waals surface area contributed by atoms with E-state index in [4.69, 9.17) is 0 Å². The summed E-state index contributed by atoms with van der Waals surface area (Å²) in [5.74, 6) is 0.224. The number of carbonyl (C=O) groups excluding carboxylic acids is 1. The highest BCUT2D eigenvalue weighted by Crippen LogP contribution is 2.31. The first-order chi connectivity index (χ1) is 5.72. The first kappa shape index (κ1) is 7.59. The van der Waals surface area contributed by atoms with Crippen LogP contribution in [0.3, 0.4) is 0 Å². The molecule has 0 aromatic heterocycles. The molecule has 0 fully saturated rings. The fourth-order valence-electron chi connectivity index (χ4n) is 1.94. The minimum atomic E-state index is 0.224. The minimum absolute atomic E-state index is 0.224. The number of nitrogens with zero attached hydrogens (tertiary/aromatic N) is 1. The lowest BCUT2D eigenvalue weighted by Gasteiger charge is -2.17. The van der Waals surface area contributed by atoms with E-state index in [1.165, 1.54) is 5.57 Å². The van der Waals surface area contributed by atoms with Gasteiger partial charge in [-0.15, -0.1) is 0 Å². The quantitative estimate of drug-likeness (QED) is 0.495. The van der Waals surface area contributed by atoms with Crippen LogP contribution in [-0.4, -0.2) is 23.9 Å². The molecule has 0 radical (unpaired) electrons. The third-order valence-electron chi connectivity index (χ3n) is 2.88. The summed E-state index contributed by atoms with van der Waals surface area (Å²) in [6, 6.07) is 0.317. The average molecular weight is 163 g/mol. The van der Waals surface area contributed by atoms with Crippen molar-refractivity contribution >= 4 is 5.91 Å². The van der Waals surface area contributed by atoms with Gasteiger partial charge in [0, 0.05) is 12.6 Å². The third kappa shape index (κ3) is 0.840. The summed E-state index contributed by atoms with van der Waals surface area (Å²) in [5.41, 5.74) is 2.36. The van der Waals surface area contributed by atoms with E-state index in [1.54, 1.807) is 0 Å². The number of amides is 1. The van der Waals surface area contributed by atoms with Gasteiger partial charge in [0.1, 0.15) is 0 Å². The second-order valence-electron chi connectivity index (χ2n) is 3.48. The van der Waals surface area contributed by atoms with Crippen LogP contribution in [0.4, 0.5) is 0 Å². The molecule has 0 saturated carbocycles. The van der Waals surface area contributed by atoms with Crippen LogP contribution < -0.4 is 0 Å². The number of carbonyl (C=O) groups is 1. The number of hydrogen-bond acceptors (Lipinski definition) is 1. The Balaban J connectivity index is 2.36. The molecule has 2 aliphatic rings. The molecule has 1 aliphatic carbocycles. The molecule has 0 spiro atoms. The Morgan fingerprint density at radius 1 is 1.42 bits per heavy atom. The van der Waals surface area contributed by atoms with Gasteiger partial charge < -0.3 is 4.90 Å². The maximum Gasteiger partial charge on any atom is 0.250 e. The zero-order chi connectivity index (χ0) is 8.72. The van der Waals surface area contributed by atoms with Gasteiger partial charge in [-0.1, -0.05) is 12.2 Å². The van der Waals surface area contributed by atoms with E-state index in [9.17, 15) is 4.79 Å². The van der Waals surface area contributed by atoms with Crippen molar-refractivity contribution in [2.45, 2.75) is 25.8 Å². The molecule has 2 nitrogen and oxygen atoms in total. The van der Waals surface area contributed by atoms with Crippen LogP contribution in [0.2, 0.25) is 0 Å². The van der Waals surface area contributed by atoms with Crippen LogP contribution in [0, 0.1) is 0 Å². The largest absolute Gasteiger partial charge is 0.336 e. The summed E-state index contributed by atoms with van der Waals surface area (Å²) in [6.45, 7) is 2.10. The van der Waals surface area contributed by atoms with Crippen molar-refractivity contribution < 1.29 is 4.79 Å². The first-order valence-electron chi connectivity index (χ1n) is 4.36. The molecule has 2 rings (SSSR count). The molecule has 2 heteroatoms. The smallest absolute Gasteiger partial charge is 0.250 e. The number of allylic oxidation sites excluding steroid dienone is 2. The van der Waals surface area contributed by atoms with Crippen LogP contribution in [0.25, 0.3) is 0 Å². The van der Waals surface area contributed by atoms with Crippen molar-refractivity contribution in [3.63, 3.8) is 0 Å². The highest BCUT2D eigenvalue weighted by Gasteiger charge is 2.33. The standard InChI is InChI=1S/C10H13NO/c1-7-8-5-3-4-6-9(8)10(12)11(7)2/h3-4,7H,5-6H2,1-2H3. The average Bonchev–Trinajstić information content (AvgIpc) is 2.33. The zero-order valence-corrected chi connectivity index (χ0v) is 7.50. The van der Waals surface area contributed by atoms with Gasteiger partial charge in [-0.05, 0) is 25.3 Å². The molecule has 1 amide bonds. The molecular weight excluding hydrogens is 150 g/mol. The summed E-state index contributed by atoms with van der Waals surface area (Å²) >= 11 is 0. The Morgan fingerprint density at radius 3 is 2.75 bits per heavy atom. The van der Waals surface area contributed by atoms with Gasteiger partial charge in [0.2, 0.25) is 5.91 Å². The molecule has 12 heavy (non-hydrogen) atoms. The fraction of sp³-hybridized carbons (Fsp3) is 0.500. The van der Waals surface area contributed by atoms with Crippen molar-refractivity contribution in [1.29, 1.82) is 0 Å². The van der Waals surface area contributed by atoms with Crippen molar-refractivity contribution in [2.24, 2.45) is 0 Å². The molecule has 64 valence electrons. The molecule has 0 aromatic carbocycles. The summed E-state index contributed by atoms with van der Waals surface area (Å²) in [5, 5.41) is 0. The number of rotatable bonds is 0. The molecule has 1 aliphatic heterocycles. The van der Waals surface area contributed by atoms with Gasteiger partial charge in [0.15, 0.2) is 0 Å². The summed E-state index contributed by atoms with van der Waals surface area (Å²) in [7, 11) is 1.88. The minimum Gasteiger partial charge on any atom is -0.336 e. The van der Waals surface area contributed by atoms with Crippen LogP contribution in [0.5, 0.6) is 0 Å². The van der Waals surface area contributed by atoms with Crippen molar-refractivity contribution in [3.05, 3.63) is 23.3 Å². The second-order valence-corrected chi connectivity index (χ2v) is 3.48. The third-order valence-corrected chi connectivity index (χ3v) is 2.88. The zero-order valence-electron chi connectivity index (χ0n) is 7.50. The molecule has 0 N–H and O–H groups in total. The van der Waals surface area contributed by atoms with E-state index in [0.717, 1.165) is 18.4 Å². The maximum absolute atomic E-state index is 11.6. The molecule has 0 bridgehead atoms. The van der Waals surface area contributed by atoms with Gasteiger partial charge in [-0.2, -0.15) is 0 Å². The fourth-order valence-corrected chi connectivity index (χ4v) is 1.94. The van der Waals surface area contributed by atoms with Crippen molar-refractivity contribution in [3.8, 4) is 0 Å². The predicted octanol–water partition coefficient (Wildman–Crippen LogP) is 1.49. The molecule has 0 aromatic rings. The van der Waals surface area contributed by atoms with Gasteiger partial charge in [0.25, 0.3) is 0 Å². The van der Waals surface area contributed by atoms with Gasteiger partial charge >= 0.3 is 0 Å². The summed E-state index contributed by atoms with van der Waals surface area (Å²) < 4.78 is 0. The Morgan fingerprint density at radius 2 is 2.08 bits per heavy atom. The lowest BCUT2D eigenvalue weighted by atomic mass is 9.96. The van der Waals surface area contributed by atoms with E-state index < -0.39 is 0 Å². The van der Waals surface area contributed by atoms with E-state index in [0.29, 0.717) is 6.04 Å². The molecule has 1 heterocycles. The predicted molar refractivity (Wildman–Crippen MR) is 47.6 cm³/mol. The molecule has 1 atom stereocenters. The van der Waals surface area contributed by atoms with Gasteiger partial charge in [-0.3, -0.25) is 4.79 Å². The Labute approximate surface area is 72.6 Å². The number of likely N-dealkylation sites (N-methyl/N-ethyl adjacent to an activating group) is 1. The van der Waals surface area contributed by atoms with Crippen LogP contribution in [-0.2, 0) is 4.79 Å².